The van der Waals surface area contributed by atoms with Gasteiger partial charge in [0.15, 0.2) is 11.6 Å². The molecule has 0 unspecified atom stereocenters. The number of likely N-dealkylation sites (tertiary alicyclic amines) is 1. The largest absolute Gasteiger partial charge is 0.478 e. The first-order valence-corrected chi connectivity index (χ1v) is 25.9. The van der Waals surface area contributed by atoms with Gasteiger partial charge in [-0.15, -0.1) is 35.1 Å². The Morgan fingerprint density at radius 3 is 1.35 bits per heavy atom. The van der Waals surface area contributed by atoms with Crippen molar-refractivity contribution in [2.24, 2.45) is 0 Å². The van der Waals surface area contributed by atoms with Gasteiger partial charge in [0.2, 0.25) is 0 Å². The lowest BCUT2D eigenvalue weighted by Crippen LogP contribution is -2.58. The van der Waals surface area contributed by atoms with E-state index in [4.69, 9.17) is 16.6 Å². The van der Waals surface area contributed by atoms with Gasteiger partial charge in [0.05, 0.1) is 59.8 Å². The van der Waals surface area contributed by atoms with Crippen molar-refractivity contribution >= 4 is 102 Å². The lowest BCUT2D eigenvalue weighted by Gasteiger charge is -2.38. The lowest BCUT2D eigenvalue weighted by atomic mass is 10.0. The molecule has 82 heavy (non-hydrogen) atoms. The van der Waals surface area contributed by atoms with Gasteiger partial charge in [0.25, 0.3) is 17.8 Å². The molecule has 0 atom stereocenters. The number of carboxylic acids is 1. The fraction of sp³-hybridized carbons (Fsp3) is 0.214. The number of aromatic carboxylic acids is 1. The summed E-state index contributed by atoms with van der Waals surface area (Å²) in [5, 5.41) is 12.2. The predicted octanol–water partition coefficient (Wildman–Crippen LogP) is 12.8. The summed E-state index contributed by atoms with van der Waals surface area (Å²) in [5.74, 6) is -6.72. The van der Waals surface area contributed by atoms with Crippen LogP contribution >= 0.6 is 35.1 Å². The number of nitrogens with two attached hydrogens (primary N) is 2. The average molecular weight is 1200 g/mol. The number of nitrogen functional groups attached to an aromatic ring is 2. The molecule has 8 heterocycles. The molecule has 6 aromatic heterocycles. The fourth-order valence-corrected chi connectivity index (χ4v) is 10.3. The second-order valence-electron chi connectivity index (χ2n) is 18.6. The quantitative estimate of drug-likeness (QED) is 0.0592. The highest BCUT2D eigenvalue weighted by molar-refractivity contribution is 7.19. The van der Waals surface area contributed by atoms with E-state index in [0.29, 0.717) is 49.7 Å². The van der Waals surface area contributed by atoms with E-state index in [9.17, 15) is 63.1 Å². The minimum Gasteiger partial charge on any atom is -0.478 e. The maximum atomic E-state index is 14.0. The molecule has 0 bridgehead atoms. The second-order valence-corrected chi connectivity index (χ2v) is 20.9. The Kier molecular flexibility index (Phi) is 19.0. The Hall–Kier alpha value is -8.13. The number of allylic oxidation sites excluding steroid dienone is 2. The van der Waals surface area contributed by atoms with E-state index in [0.717, 1.165) is 45.9 Å². The number of amides is 1. The zero-order chi connectivity index (χ0) is 58.4. The maximum absolute atomic E-state index is 14.0. The van der Waals surface area contributed by atoms with E-state index in [1.807, 2.05) is 0 Å². The number of pyridine rings is 4. The third kappa shape index (κ3) is 16.1. The van der Waals surface area contributed by atoms with Crippen LogP contribution in [0.2, 0.25) is 0 Å². The molecule has 2 saturated heterocycles. The zero-order valence-electron chi connectivity index (χ0n) is 42.3. The minimum atomic E-state index is -4.64. The van der Waals surface area contributed by atoms with E-state index in [1.54, 1.807) is 60.7 Å². The number of nitrogens with zero attached hydrogens (tertiary/aromatic N) is 5. The van der Waals surface area contributed by atoms with Crippen molar-refractivity contribution in [3.8, 4) is 22.5 Å². The number of carbonyl (C=O) groups excluding carboxylic acids is 3. The molecule has 2 aliphatic heterocycles. The van der Waals surface area contributed by atoms with Gasteiger partial charge >= 0.3 is 18.3 Å². The molecule has 10 rings (SSSR count). The highest BCUT2D eigenvalue weighted by atomic mass is 35.5. The topological polar surface area (TPSA) is 207 Å². The van der Waals surface area contributed by atoms with Crippen molar-refractivity contribution in [3.05, 3.63) is 165 Å². The number of rotatable bonds is 14. The van der Waals surface area contributed by atoms with Gasteiger partial charge in [-0.05, 0) is 144 Å². The Balaban J connectivity index is 0.000000213. The van der Waals surface area contributed by atoms with E-state index >= 15 is 0 Å². The molecule has 2 aliphatic rings. The highest BCUT2D eigenvalue weighted by Gasteiger charge is 2.46. The van der Waals surface area contributed by atoms with Gasteiger partial charge in [-0.2, -0.15) is 26.3 Å². The second kappa shape index (κ2) is 25.3. The third-order valence-electron chi connectivity index (χ3n) is 12.2. The van der Waals surface area contributed by atoms with Gasteiger partial charge in [0.1, 0.15) is 11.6 Å². The van der Waals surface area contributed by atoms with Crippen molar-refractivity contribution < 1.29 is 68.2 Å². The number of hydrogen-bond donors (Lipinski definition) is 4. The number of halogens is 11. The SMILES string of the molecule is Cl.FC1(F)CNC1.Nc1ccc(/C=C/C(=O)CCc2cc3cc(-c4ccc(C(=O)N5CC(F)(F)C5)cn4)cc(C(F)(F)F)c3s2)cn1.Nc1ccc(/C=C/C(=O)CCc2cc3cc(-c4ccc(C(=O)O)cn4)cc(C(F)(F)F)c3s2)cn1. The van der Waals surface area contributed by atoms with Crippen LogP contribution in [-0.2, 0) is 34.8 Å². The zero-order valence-corrected chi connectivity index (χ0v) is 44.8. The van der Waals surface area contributed by atoms with Crippen LogP contribution in [0.3, 0.4) is 0 Å². The highest BCUT2D eigenvalue weighted by Crippen LogP contribution is 2.43. The smallest absolute Gasteiger partial charge is 0.417 e. The molecule has 13 nitrogen and oxygen atoms in total. The molecule has 428 valence electrons. The molecule has 0 radical (unpaired) electrons. The Morgan fingerprint density at radius 2 is 1.02 bits per heavy atom. The first-order valence-electron chi connectivity index (χ1n) is 24.2. The Bertz CT molecular complexity index is 3670. The van der Waals surface area contributed by atoms with Crippen LogP contribution in [0.4, 0.5) is 55.5 Å². The lowest BCUT2D eigenvalue weighted by molar-refractivity contribution is -0.137. The van der Waals surface area contributed by atoms with Crippen molar-refractivity contribution in [2.45, 2.75) is 49.9 Å². The molecule has 1 amide bonds. The van der Waals surface area contributed by atoms with Crippen LogP contribution < -0.4 is 16.8 Å². The number of aromatic nitrogens is 4. The first-order chi connectivity index (χ1) is 38.2. The van der Waals surface area contributed by atoms with E-state index in [-0.39, 0.29) is 99.4 Å². The summed E-state index contributed by atoms with van der Waals surface area (Å²) >= 11 is 1.98. The standard InChI is InChI=1S/C28H21F5N4O2S.C25H18F3N3O3S.C3H5F2N.ClH/c29-27(30)14-37(15-27)26(39)17-3-7-23(35-13-17)18-9-19-10-21(40-25(19)22(11-18)28(31,32)33)6-5-20(38)4-1-16-2-8-24(34)36-12-16;26-25(27,28)20-11-16(21-7-3-15(13-30-21)24(33)34)9-17-10-19(35-23(17)20)6-5-18(32)4-1-14-2-8-22(29)31-12-14;4-3(5)1-6-2-3;/h1-4,7-13H,5-6,14-15H2,(H2,34,36);1-4,7-13H,5-6H2,(H2,29,31)(H,33,34);6H,1-2H2;1H/b2*4-1+;;. The summed E-state index contributed by atoms with van der Waals surface area (Å²) in [6.45, 7) is -1.62. The number of alkyl halides is 10. The fourth-order valence-electron chi connectivity index (χ4n) is 7.98. The van der Waals surface area contributed by atoms with Crippen molar-refractivity contribution in [1.29, 1.82) is 0 Å². The number of benzene rings is 2. The van der Waals surface area contributed by atoms with Gasteiger partial charge in [-0.3, -0.25) is 24.4 Å². The third-order valence-corrected chi connectivity index (χ3v) is 14.7. The monoisotopic (exact) mass is 1200 g/mol. The van der Waals surface area contributed by atoms with E-state index in [1.165, 1.54) is 55.0 Å². The Labute approximate surface area is 473 Å². The number of hydrogen-bond acceptors (Lipinski definition) is 13. The number of ketones is 2. The van der Waals surface area contributed by atoms with Gasteiger partial charge in [-0.1, -0.05) is 0 Å². The van der Waals surface area contributed by atoms with Crippen LogP contribution in [0.1, 0.15) is 65.6 Å². The number of anilines is 2. The summed E-state index contributed by atoms with van der Waals surface area (Å²) < 4.78 is 133. The molecular formula is C56H45ClF10N8O5S2. The van der Waals surface area contributed by atoms with Crippen LogP contribution in [0.5, 0.6) is 0 Å². The number of carbonyl (C=O) groups is 4. The summed E-state index contributed by atoms with van der Waals surface area (Å²) in [6, 6.07) is 20.5. The number of aryl methyl sites for hydroxylation is 2. The molecule has 0 spiro atoms. The summed E-state index contributed by atoms with van der Waals surface area (Å²) in [5.41, 5.74) is 11.7. The normalized spacial score (nSPS) is 14.5. The van der Waals surface area contributed by atoms with Crippen LogP contribution in [0.25, 0.3) is 54.8 Å². The number of nitrogens with one attached hydrogen (secondary N) is 1. The van der Waals surface area contributed by atoms with Crippen LogP contribution in [0, 0.1) is 0 Å². The molecule has 0 aliphatic carbocycles. The molecule has 6 N–H and O–H groups in total. The van der Waals surface area contributed by atoms with E-state index in [2.05, 4.69) is 25.3 Å². The van der Waals surface area contributed by atoms with Gasteiger partial charge in [-0.25, -0.2) is 32.3 Å². The van der Waals surface area contributed by atoms with Crippen molar-refractivity contribution in [2.75, 3.05) is 37.6 Å². The molecular weight excluding hydrogens is 1150 g/mol. The molecule has 2 fully saturated rings. The van der Waals surface area contributed by atoms with Crippen LogP contribution in [-0.4, -0.2) is 91.4 Å². The number of thiophene rings is 2. The van der Waals surface area contributed by atoms with Crippen LogP contribution in [0.15, 0.2) is 122 Å². The van der Waals surface area contributed by atoms with Crippen molar-refractivity contribution in [1.82, 2.24) is 30.2 Å². The van der Waals surface area contributed by atoms with Gasteiger partial charge in [0, 0.05) is 67.9 Å². The minimum absolute atomic E-state index is 0. The van der Waals surface area contributed by atoms with E-state index < -0.39 is 60.3 Å². The molecule has 0 saturated carbocycles. The molecule has 8 aromatic rings. The van der Waals surface area contributed by atoms with Crippen molar-refractivity contribution in [3.63, 3.8) is 0 Å². The summed E-state index contributed by atoms with van der Waals surface area (Å²) in [4.78, 5) is 66.2. The molecule has 2 aromatic carbocycles. The predicted molar refractivity (Wildman–Crippen MR) is 295 cm³/mol. The Morgan fingerprint density at radius 1 is 0.598 bits per heavy atom. The number of fused-ring (bicyclic) bond motifs is 2. The molecule has 26 heteroatoms. The number of carboxylic acid groups (broad SMARTS) is 1. The summed E-state index contributed by atoms with van der Waals surface area (Å²) in [7, 11) is 0. The summed E-state index contributed by atoms with van der Waals surface area (Å²) in [6.07, 6.45) is 2.91. The first kappa shape index (κ1) is 61.5. The maximum Gasteiger partial charge on any atom is 0.417 e. The van der Waals surface area contributed by atoms with Gasteiger partial charge < -0.3 is 26.8 Å². The average Bonchev–Trinajstić information content (AvgIpc) is 4.09.